The monoisotopic (exact) mass is 295 g/mol. The van der Waals surface area contributed by atoms with E-state index in [9.17, 15) is 4.79 Å². The second-order valence-corrected chi connectivity index (χ2v) is 5.69. The van der Waals surface area contributed by atoms with Crippen molar-refractivity contribution in [2.24, 2.45) is 0 Å². The summed E-state index contributed by atoms with van der Waals surface area (Å²) < 4.78 is 0. The highest BCUT2D eigenvalue weighted by Crippen LogP contribution is 2.24. The molecule has 2 aromatic rings. The van der Waals surface area contributed by atoms with Crippen molar-refractivity contribution in [1.29, 1.82) is 0 Å². The van der Waals surface area contributed by atoms with Crippen LogP contribution < -0.4 is 10.6 Å². The molecule has 1 aromatic carbocycles. The molecule has 1 saturated carbocycles. The summed E-state index contributed by atoms with van der Waals surface area (Å²) in [4.78, 5) is 16.3. The van der Waals surface area contributed by atoms with Crippen LogP contribution >= 0.6 is 0 Å². The van der Waals surface area contributed by atoms with E-state index in [4.69, 9.17) is 0 Å². The van der Waals surface area contributed by atoms with E-state index in [0.717, 1.165) is 18.5 Å². The van der Waals surface area contributed by atoms with Gasteiger partial charge in [0, 0.05) is 24.5 Å². The van der Waals surface area contributed by atoms with Gasteiger partial charge in [-0.2, -0.15) is 0 Å². The molecule has 114 valence electrons. The number of aromatic nitrogens is 1. The number of carbonyl (C=O) groups excluding carboxylic acids is 1. The van der Waals surface area contributed by atoms with Gasteiger partial charge >= 0.3 is 0 Å². The quantitative estimate of drug-likeness (QED) is 0.772. The van der Waals surface area contributed by atoms with E-state index in [1.807, 2.05) is 30.3 Å². The molecule has 22 heavy (non-hydrogen) atoms. The molecule has 1 fully saturated rings. The van der Waals surface area contributed by atoms with Crippen molar-refractivity contribution < 1.29 is 4.79 Å². The fraction of sp³-hybridized carbons (Fsp3) is 0.333. The van der Waals surface area contributed by atoms with Gasteiger partial charge in [0.25, 0.3) is 5.91 Å². The highest BCUT2D eigenvalue weighted by Gasteiger charge is 2.21. The van der Waals surface area contributed by atoms with Crippen LogP contribution in [-0.2, 0) is 6.42 Å². The molecule has 0 aliphatic heterocycles. The molecule has 3 rings (SSSR count). The molecule has 1 amide bonds. The molecule has 4 heteroatoms. The third-order valence-electron chi connectivity index (χ3n) is 3.71. The number of hydrogen-bond donors (Lipinski definition) is 2. The molecule has 4 nitrogen and oxygen atoms in total. The molecule has 0 unspecified atom stereocenters. The summed E-state index contributed by atoms with van der Waals surface area (Å²) >= 11 is 0. The van der Waals surface area contributed by atoms with Gasteiger partial charge in [0.2, 0.25) is 0 Å². The summed E-state index contributed by atoms with van der Waals surface area (Å²) in [6, 6.07) is 14.6. The van der Waals surface area contributed by atoms with Gasteiger partial charge in [0.15, 0.2) is 0 Å². The Balaban J connectivity index is 1.45. The molecule has 1 aliphatic rings. The molecule has 1 aliphatic carbocycles. The van der Waals surface area contributed by atoms with Crippen LogP contribution in [0.1, 0.15) is 35.3 Å². The molecular formula is C18H21N3O. The molecule has 0 atom stereocenters. The minimum Gasteiger partial charge on any atom is -0.382 e. The summed E-state index contributed by atoms with van der Waals surface area (Å²) in [7, 11) is 0. The summed E-state index contributed by atoms with van der Waals surface area (Å²) in [6.07, 6.45) is 6.00. The van der Waals surface area contributed by atoms with Crippen molar-refractivity contribution >= 4 is 11.6 Å². The second kappa shape index (κ2) is 7.07. The van der Waals surface area contributed by atoms with Crippen molar-refractivity contribution in [3.63, 3.8) is 0 Å². The molecule has 2 N–H and O–H groups in total. The summed E-state index contributed by atoms with van der Waals surface area (Å²) in [5, 5.41) is 6.32. The maximum absolute atomic E-state index is 12.1. The fourth-order valence-corrected chi connectivity index (χ4v) is 2.34. The second-order valence-electron chi connectivity index (χ2n) is 5.69. The van der Waals surface area contributed by atoms with E-state index >= 15 is 0 Å². The van der Waals surface area contributed by atoms with Crippen LogP contribution in [0.15, 0.2) is 48.7 Å². The average Bonchev–Trinajstić information content (AvgIpc) is 3.36. The minimum atomic E-state index is -0.104. The number of aryl methyl sites for hydroxylation is 1. The predicted octanol–water partition coefficient (Wildman–Crippen LogP) is 3.02. The van der Waals surface area contributed by atoms with E-state index < -0.39 is 0 Å². The van der Waals surface area contributed by atoms with E-state index in [-0.39, 0.29) is 5.91 Å². The number of amides is 1. The maximum atomic E-state index is 12.1. The Kier molecular flexibility index (Phi) is 4.68. The largest absolute Gasteiger partial charge is 0.382 e. The Morgan fingerprint density at radius 1 is 1.18 bits per heavy atom. The third-order valence-corrected chi connectivity index (χ3v) is 3.71. The third kappa shape index (κ3) is 4.32. The first-order valence-corrected chi connectivity index (χ1v) is 7.86. The van der Waals surface area contributed by atoms with E-state index in [1.165, 1.54) is 18.4 Å². The summed E-state index contributed by atoms with van der Waals surface area (Å²) in [5.41, 5.74) is 2.75. The molecule has 0 bridgehead atoms. The number of rotatable bonds is 7. The van der Waals surface area contributed by atoms with Crippen LogP contribution in [0.5, 0.6) is 0 Å². The number of pyridine rings is 1. The Labute approximate surface area is 131 Å². The van der Waals surface area contributed by atoms with Crippen LogP contribution in [0.3, 0.4) is 0 Å². The van der Waals surface area contributed by atoms with Crippen molar-refractivity contribution in [3.8, 4) is 0 Å². The van der Waals surface area contributed by atoms with Gasteiger partial charge in [-0.3, -0.25) is 9.78 Å². The topological polar surface area (TPSA) is 54.0 Å². The molecule has 0 spiro atoms. The Morgan fingerprint density at radius 2 is 2.00 bits per heavy atom. The molecule has 1 heterocycles. The SMILES string of the molecule is O=C(NCCCc1ccccc1)c1cc(NC2CC2)ccn1. The van der Waals surface area contributed by atoms with Crippen LogP contribution in [0.4, 0.5) is 5.69 Å². The van der Waals surface area contributed by atoms with E-state index in [0.29, 0.717) is 18.3 Å². The lowest BCUT2D eigenvalue weighted by Crippen LogP contribution is -2.25. The number of nitrogens with zero attached hydrogens (tertiary/aromatic N) is 1. The number of nitrogens with one attached hydrogen (secondary N) is 2. The van der Waals surface area contributed by atoms with Crippen molar-refractivity contribution in [3.05, 3.63) is 59.9 Å². The summed E-state index contributed by atoms with van der Waals surface area (Å²) in [5.74, 6) is -0.104. The van der Waals surface area contributed by atoms with Crippen LogP contribution in [0, 0.1) is 0 Å². The maximum Gasteiger partial charge on any atom is 0.269 e. The van der Waals surface area contributed by atoms with Crippen molar-refractivity contribution in [2.75, 3.05) is 11.9 Å². The van der Waals surface area contributed by atoms with Crippen LogP contribution in [0.2, 0.25) is 0 Å². The normalized spacial score (nSPS) is 13.6. The Hall–Kier alpha value is -2.36. The lowest BCUT2D eigenvalue weighted by atomic mass is 10.1. The molecular weight excluding hydrogens is 274 g/mol. The fourth-order valence-electron chi connectivity index (χ4n) is 2.34. The van der Waals surface area contributed by atoms with Gasteiger partial charge in [-0.05, 0) is 43.4 Å². The number of anilines is 1. The Morgan fingerprint density at radius 3 is 2.77 bits per heavy atom. The zero-order valence-corrected chi connectivity index (χ0v) is 12.6. The number of hydrogen-bond acceptors (Lipinski definition) is 3. The predicted molar refractivity (Wildman–Crippen MR) is 88.0 cm³/mol. The van der Waals surface area contributed by atoms with Gasteiger partial charge in [-0.1, -0.05) is 30.3 Å². The van der Waals surface area contributed by atoms with Crippen molar-refractivity contribution in [1.82, 2.24) is 10.3 Å². The minimum absolute atomic E-state index is 0.104. The van der Waals surface area contributed by atoms with E-state index in [1.54, 1.807) is 6.20 Å². The zero-order valence-electron chi connectivity index (χ0n) is 12.6. The van der Waals surface area contributed by atoms with Gasteiger partial charge in [0.1, 0.15) is 5.69 Å². The zero-order chi connectivity index (χ0) is 15.2. The molecule has 0 saturated heterocycles. The van der Waals surface area contributed by atoms with Gasteiger partial charge in [-0.25, -0.2) is 0 Å². The summed E-state index contributed by atoms with van der Waals surface area (Å²) in [6.45, 7) is 0.662. The standard InChI is InChI=1S/C18H21N3O/c22-18(20-11-4-7-14-5-2-1-3-6-14)17-13-16(10-12-19-17)21-15-8-9-15/h1-3,5-6,10,12-13,15H,4,7-9,11H2,(H,19,21)(H,20,22). The lowest BCUT2D eigenvalue weighted by molar-refractivity contribution is 0.0948. The molecule has 0 radical (unpaired) electrons. The Bertz CT molecular complexity index is 623. The average molecular weight is 295 g/mol. The van der Waals surface area contributed by atoms with Crippen LogP contribution in [0.25, 0.3) is 0 Å². The lowest BCUT2D eigenvalue weighted by Gasteiger charge is -2.07. The van der Waals surface area contributed by atoms with Gasteiger partial charge in [-0.15, -0.1) is 0 Å². The first-order chi connectivity index (χ1) is 10.8. The molecule has 1 aromatic heterocycles. The number of benzene rings is 1. The number of carbonyl (C=O) groups is 1. The first kappa shape index (κ1) is 14.6. The van der Waals surface area contributed by atoms with Gasteiger partial charge in [0.05, 0.1) is 0 Å². The smallest absolute Gasteiger partial charge is 0.269 e. The van der Waals surface area contributed by atoms with E-state index in [2.05, 4.69) is 27.8 Å². The highest BCUT2D eigenvalue weighted by molar-refractivity contribution is 5.93. The van der Waals surface area contributed by atoms with Crippen LogP contribution in [-0.4, -0.2) is 23.5 Å². The van der Waals surface area contributed by atoms with Crippen molar-refractivity contribution in [2.45, 2.75) is 31.7 Å². The highest BCUT2D eigenvalue weighted by atomic mass is 16.1. The first-order valence-electron chi connectivity index (χ1n) is 7.86. The van der Waals surface area contributed by atoms with Gasteiger partial charge < -0.3 is 10.6 Å².